The number of nitrogens with zero attached hydrogens (tertiary/aromatic N) is 3. The lowest BCUT2D eigenvalue weighted by atomic mass is 10.1. The Balaban J connectivity index is 1.50. The molecule has 0 bridgehead atoms. The zero-order chi connectivity index (χ0) is 19.4. The Bertz CT molecular complexity index is 832. The van der Waals surface area contributed by atoms with Crippen LogP contribution in [0, 0.1) is 0 Å². The summed E-state index contributed by atoms with van der Waals surface area (Å²) in [4.78, 5) is 22.4. The number of nitrogens with one attached hydrogen (secondary N) is 2. The molecule has 27 heavy (non-hydrogen) atoms. The van der Waals surface area contributed by atoms with E-state index in [1.807, 2.05) is 45.2 Å². The third kappa shape index (κ3) is 4.87. The number of aliphatic imine (C=N–C) groups is 1. The summed E-state index contributed by atoms with van der Waals surface area (Å²) in [6.45, 7) is 7.38. The summed E-state index contributed by atoms with van der Waals surface area (Å²) < 4.78 is 5.37. The van der Waals surface area contributed by atoms with Gasteiger partial charge < -0.3 is 20.3 Å². The predicted molar refractivity (Wildman–Crippen MR) is 107 cm³/mol. The van der Waals surface area contributed by atoms with Crippen molar-refractivity contribution in [3.8, 4) is 0 Å². The molecule has 1 saturated heterocycles. The summed E-state index contributed by atoms with van der Waals surface area (Å²) in [5.41, 5.74) is 0.499. The number of hydrogen-bond donors (Lipinski definition) is 2. The molecular formula is C20H27N5O2. The first-order valence-electron chi connectivity index (χ1n) is 9.13. The van der Waals surface area contributed by atoms with E-state index in [2.05, 4.69) is 32.7 Å². The van der Waals surface area contributed by atoms with Crippen LogP contribution in [-0.4, -0.2) is 53.7 Å². The average molecular weight is 369 g/mol. The van der Waals surface area contributed by atoms with Gasteiger partial charge in [-0.25, -0.2) is 4.79 Å². The molecule has 0 aliphatic carbocycles. The van der Waals surface area contributed by atoms with Crippen molar-refractivity contribution < 1.29 is 9.53 Å². The highest BCUT2D eigenvalue weighted by Gasteiger charge is 2.34. The summed E-state index contributed by atoms with van der Waals surface area (Å²) >= 11 is 0. The first-order chi connectivity index (χ1) is 12.9. The van der Waals surface area contributed by atoms with E-state index in [9.17, 15) is 4.79 Å². The van der Waals surface area contributed by atoms with Crippen molar-refractivity contribution in [3.05, 3.63) is 42.2 Å². The zero-order valence-corrected chi connectivity index (χ0v) is 16.3. The van der Waals surface area contributed by atoms with Gasteiger partial charge in [0.15, 0.2) is 5.96 Å². The number of ether oxygens (including phenoxy) is 1. The molecule has 0 radical (unpaired) electrons. The molecule has 3 rings (SSSR count). The lowest BCUT2D eigenvalue weighted by Crippen LogP contribution is -2.63. The van der Waals surface area contributed by atoms with Crippen LogP contribution in [-0.2, 0) is 11.3 Å². The number of hydrogen-bond acceptors (Lipinski definition) is 4. The molecule has 1 aromatic carbocycles. The van der Waals surface area contributed by atoms with E-state index in [1.54, 1.807) is 11.9 Å². The van der Waals surface area contributed by atoms with Crippen LogP contribution in [0.3, 0.4) is 0 Å². The van der Waals surface area contributed by atoms with Gasteiger partial charge in [0.05, 0.1) is 18.3 Å². The highest BCUT2D eigenvalue weighted by Crippen LogP contribution is 2.17. The van der Waals surface area contributed by atoms with Gasteiger partial charge in [-0.3, -0.25) is 9.98 Å². The van der Waals surface area contributed by atoms with Gasteiger partial charge in [-0.2, -0.15) is 0 Å². The van der Waals surface area contributed by atoms with Crippen LogP contribution in [0.1, 0.15) is 26.5 Å². The normalized spacial score (nSPS) is 15.4. The number of amides is 1. The van der Waals surface area contributed by atoms with Gasteiger partial charge in [0.1, 0.15) is 5.60 Å². The molecule has 1 aliphatic heterocycles. The van der Waals surface area contributed by atoms with Crippen molar-refractivity contribution in [3.63, 3.8) is 0 Å². The molecule has 0 atom stereocenters. The maximum atomic E-state index is 12.0. The zero-order valence-electron chi connectivity index (χ0n) is 16.3. The van der Waals surface area contributed by atoms with E-state index in [4.69, 9.17) is 4.74 Å². The summed E-state index contributed by atoms with van der Waals surface area (Å²) in [7, 11) is 1.73. The van der Waals surface area contributed by atoms with Crippen LogP contribution >= 0.6 is 0 Å². The van der Waals surface area contributed by atoms with Crippen LogP contribution in [0.2, 0.25) is 0 Å². The minimum absolute atomic E-state index is 0.157. The number of fused-ring (bicyclic) bond motifs is 1. The maximum absolute atomic E-state index is 12.0. The van der Waals surface area contributed by atoms with Crippen LogP contribution in [0.15, 0.2) is 41.5 Å². The number of carbonyl (C=O) groups is 1. The molecule has 2 N–H and O–H groups in total. The fraction of sp³-hybridized carbons (Fsp3) is 0.450. The Kier molecular flexibility index (Phi) is 5.48. The topological polar surface area (TPSA) is 78.9 Å². The second kappa shape index (κ2) is 7.82. The van der Waals surface area contributed by atoms with Crippen LogP contribution < -0.4 is 10.6 Å². The van der Waals surface area contributed by atoms with E-state index in [0.29, 0.717) is 25.6 Å². The number of carbonyl (C=O) groups excluding carboxylic acids is 1. The minimum Gasteiger partial charge on any atom is -0.444 e. The predicted octanol–water partition coefficient (Wildman–Crippen LogP) is 2.52. The summed E-state index contributed by atoms with van der Waals surface area (Å²) in [6.07, 6.45) is 1.55. The molecule has 7 nitrogen and oxygen atoms in total. The van der Waals surface area contributed by atoms with E-state index < -0.39 is 5.60 Å². The van der Waals surface area contributed by atoms with Gasteiger partial charge in [0.25, 0.3) is 0 Å². The molecular weight excluding hydrogens is 342 g/mol. The maximum Gasteiger partial charge on any atom is 0.410 e. The fourth-order valence-electron chi connectivity index (χ4n) is 2.92. The van der Waals surface area contributed by atoms with E-state index >= 15 is 0 Å². The first kappa shape index (κ1) is 18.9. The second-order valence-corrected chi connectivity index (χ2v) is 7.63. The van der Waals surface area contributed by atoms with Crippen molar-refractivity contribution in [1.82, 2.24) is 20.5 Å². The highest BCUT2D eigenvalue weighted by molar-refractivity contribution is 5.85. The average Bonchev–Trinajstić information content (AvgIpc) is 2.58. The lowest BCUT2D eigenvalue weighted by molar-refractivity contribution is 0.00701. The molecule has 0 saturated carbocycles. The number of guanidine groups is 1. The van der Waals surface area contributed by atoms with E-state index in [1.165, 1.54) is 5.39 Å². The van der Waals surface area contributed by atoms with Crippen LogP contribution in [0.25, 0.3) is 10.8 Å². The Hall–Kier alpha value is -2.83. The van der Waals surface area contributed by atoms with Gasteiger partial charge in [-0.05, 0) is 32.2 Å². The Morgan fingerprint density at radius 3 is 2.74 bits per heavy atom. The van der Waals surface area contributed by atoms with Gasteiger partial charge in [-0.15, -0.1) is 0 Å². The van der Waals surface area contributed by atoms with Gasteiger partial charge in [-0.1, -0.05) is 24.3 Å². The molecule has 1 aliphatic rings. The Labute approximate surface area is 159 Å². The summed E-state index contributed by atoms with van der Waals surface area (Å²) in [5, 5.41) is 8.93. The number of likely N-dealkylation sites (tertiary alicyclic amines) is 1. The first-order valence-corrected chi connectivity index (χ1v) is 9.13. The molecule has 7 heteroatoms. The molecule has 1 aromatic heterocycles. The molecule has 144 valence electrons. The van der Waals surface area contributed by atoms with E-state index in [0.717, 1.165) is 11.1 Å². The number of benzene rings is 1. The molecule has 1 fully saturated rings. The summed E-state index contributed by atoms with van der Waals surface area (Å²) in [5.74, 6) is 0.693. The quantitative estimate of drug-likeness (QED) is 0.642. The molecule has 1 amide bonds. The monoisotopic (exact) mass is 369 g/mol. The van der Waals surface area contributed by atoms with Gasteiger partial charge >= 0.3 is 6.09 Å². The van der Waals surface area contributed by atoms with Gasteiger partial charge in [0, 0.05) is 31.7 Å². The van der Waals surface area contributed by atoms with Crippen molar-refractivity contribution in [1.29, 1.82) is 0 Å². The number of aromatic nitrogens is 1. The third-order valence-corrected chi connectivity index (χ3v) is 4.28. The second-order valence-electron chi connectivity index (χ2n) is 7.63. The largest absolute Gasteiger partial charge is 0.444 e. The van der Waals surface area contributed by atoms with Crippen LogP contribution in [0.4, 0.5) is 4.79 Å². The van der Waals surface area contributed by atoms with Gasteiger partial charge in [0.2, 0.25) is 0 Å². The fourth-order valence-corrected chi connectivity index (χ4v) is 2.92. The smallest absolute Gasteiger partial charge is 0.410 e. The Morgan fingerprint density at radius 2 is 2.04 bits per heavy atom. The molecule has 2 aromatic rings. The van der Waals surface area contributed by atoms with Crippen molar-refractivity contribution >= 4 is 22.8 Å². The van der Waals surface area contributed by atoms with Crippen LogP contribution in [0.5, 0.6) is 0 Å². The Morgan fingerprint density at radius 1 is 1.30 bits per heavy atom. The minimum atomic E-state index is -0.474. The van der Waals surface area contributed by atoms with Crippen molar-refractivity contribution in [2.45, 2.75) is 39.0 Å². The molecule has 0 unspecified atom stereocenters. The summed E-state index contributed by atoms with van der Waals surface area (Å²) in [6, 6.07) is 10.3. The SMILES string of the molecule is CN=C(NCc1nccc2ccccc12)NC1CN(C(=O)OC(C)(C)C)C1. The molecule has 2 heterocycles. The van der Waals surface area contributed by atoms with E-state index in [-0.39, 0.29) is 12.1 Å². The van der Waals surface area contributed by atoms with Crippen molar-refractivity contribution in [2.75, 3.05) is 20.1 Å². The van der Waals surface area contributed by atoms with Crippen molar-refractivity contribution in [2.24, 2.45) is 4.99 Å². The lowest BCUT2D eigenvalue weighted by Gasteiger charge is -2.40. The number of rotatable bonds is 3. The standard InChI is InChI=1S/C20H27N5O2/c1-20(2,3)27-19(26)25-12-15(13-25)24-18(21-4)23-11-17-16-8-6-5-7-14(16)9-10-22-17/h5-10,15H,11-13H2,1-4H3,(H2,21,23,24). The third-order valence-electron chi connectivity index (χ3n) is 4.28. The molecule has 0 spiro atoms. The number of pyridine rings is 1. The highest BCUT2D eigenvalue weighted by atomic mass is 16.6.